The number of halogens is 2. The fourth-order valence-corrected chi connectivity index (χ4v) is 2.79. The van der Waals surface area contributed by atoms with Gasteiger partial charge in [0.25, 0.3) is 11.8 Å². The number of ether oxygens (including phenoxy) is 1. The third-order valence-electron chi connectivity index (χ3n) is 4.15. The number of imidazole rings is 1. The van der Waals surface area contributed by atoms with Crippen LogP contribution in [0, 0.1) is 25.5 Å². The number of amides is 2. The molecular weight excluding hydrogens is 384 g/mol. The largest absolute Gasteiger partial charge is 0.485 e. The Morgan fingerprint density at radius 2 is 1.90 bits per heavy atom. The monoisotopic (exact) mass is 403 g/mol. The lowest BCUT2D eigenvalue weighted by atomic mass is 10.2. The lowest BCUT2D eigenvalue weighted by Gasteiger charge is -2.11. The predicted octanol–water partition coefficient (Wildman–Crippen LogP) is 1.53. The first-order chi connectivity index (χ1) is 13.8. The molecule has 0 aliphatic carbocycles. The molecule has 10 heteroatoms. The number of rotatable bonds is 5. The summed E-state index contributed by atoms with van der Waals surface area (Å²) in [6.45, 7) is 2.75. The fourth-order valence-electron chi connectivity index (χ4n) is 2.79. The number of fused-ring (bicyclic) bond motifs is 1. The molecule has 0 atom stereocenters. The number of carbonyl (C=O) groups is 2. The lowest BCUT2D eigenvalue weighted by molar-refractivity contribution is -0.120. The van der Waals surface area contributed by atoms with Crippen LogP contribution in [0.3, 0.4) is 0 Å². The molecule has 0 aliphatic rings. The Hall–Kier alpha value is -3.53. The molecule has 29 heavy (non-hydrogen) atoms. The molecule has 0 aliphatic heterocycles. The molecule has 3 aromatic rings. The van der Waals surface area contributed by atoms with E-state index in [0.717, 1.165) is 17.7 Å². The summed E-state index contributed by atoms with van der Waals surface area (Å²) in [6.07, 6.45) is 1.66. The number of nitrogens with two attached hydrogens (primary N) is 1. The van der Waals surface area contributed by atoms with E-state index < -0.39 is 23.4 Å². The summed E-state index contributed by atoms with van der Waals surface area (Å²) >= 11 is 0. The van der Waals surface area contributed by atoms with Crippen LogP contribution >= 0.6 is 0 Å². The quantitative estimate of drug-likeness (QED) is 0.560. The number of nitrogens with one attached hydrogen (secondary N) is 2. The number of hydrazine groups is 1. The van der Waals surface area contributed by atoms with E-state index in [1.165, 1.54) is 10.5 Å². The fraction of sp³-hybridized carbons (Fsp3) is 0.211. The summed E-state index contributed by atoms with van der Waals surface area (Å²) < 4.78 is 34.8. The summed E-state index contributed by atoms with van der Waals surface area (Å²) in [7, 11) is 0. The van der Waals surface area contributed by atoms with Crippen LogP contribution in [-0.2, 0) is 11.4 Å². The summed E-state index contributed by atoms with van der Waals surface area (Å²) in [5.74, 6) is -2.35. The number of aryl methyl sites for hydroxylation is 2. The minimum atomic E-state index is -0.719. The first-order valence-corrected chi connectivity index (χ1v) is 8.66. The third-order valence-corrected chi connectivity index (χ3v) is 4.15. The number of benzene rings is 1. The van der Waals surface area contributed by atoms with Crippen LogP contribution in [0.5, 0.6) is 5.75 Å². The van der Waals surface area contributed by atoms with Gasteiger partial charge in [0, 0.05) is 6.20 Å². The normalized spacial score (nSPS) is 10.8. The molecule has 2 aromatic heterocycles. The van der Waals surface area contributed by atoms with Crippen molar-refractivity contribution in [2.45, 2.75) is 20.5 Å². The molecule has 1 aromatic carbocycles. The number of aromatic nitrogens is 2. The predicted molar refractivity (Wildman–Crippen MR) is 100 cm³/mol. The number of hydrogen-bond acceptors (Lipinski definition) is 5. The van der Waals surface area contributed by atoms with Gasteiger partial charge in [-0.15, -0.1) is 0 Å². The van der Waals surface area contributed by atoms with Gasteiger partial charge < -0.3 is 10.5 Å². The molecule has 0 fully saturated rings. The average Bonchev–Trinajstić information content (AvgIpc) is 3.01. The molecule has 0 saturated heterocycles. The van der Waals surface area contributed by atoms with E-state index in [2.05, 4.69) is 15.8 Å². The maximum atomic E-state index is 13.9. The molecule has 3 rings (SSSR count). The van der Waals surface area contributed by atoms with Gasteiger partial charge in [0.15, 0.2) is 11.4 Å². The van der Waals surface area contributed by atoms with Gasteiger partial charge in [-0.05, 0) is 37.6 Å². The van der Waals surface area contributed by atoms with Crippen molar-refractivity contribution in [3.05, 3.63) is 64.6 Å². The van der Waals surface area contributed by atoms with Crippen LogP contribution in [-0.4, -0.2) is 27.7 Å². The zero-order valence-electron chi connectivity index (χ0n) is 15.8. The molecule has 8 nitrogen and oxygen atoms in total. The Morgan fingerprint density at radius 3 is 2.55 bits per heavy atom. The van der Waals surface area contributed by atoms with E-state index in [9.17, 15) is 18.4 Å². The minimum Gasteiger partial charge on any atom is -0.485 e. The van der Waals surface area contributed by atoms with Gasteiger partial charge in [-0.1, -0.05) is 6.07 Å². The smallest absolute Gasteiger partial charge is 0.288 e. The second-order valence-corrected chi connectivity index (χ2v) is 6.32. The van der Waals surface area contributed by atoms with Crippen molar-refractivity contribution in [2.24, 2.45) is 5.73 Å². The lowest BCUT2D eigenvalue weighted by Crippen LogP contribution is -2.44. The van der Waals surface area contributed by atoms with Gasteiger partial charge in [0.1, 0.15) is 23.9 Å². The Morgan fingerprint density at radius 1 is 1.21 bits per heavy atom. The maximum absolute atomic E-state index is 13.9. The molecule has 4 N–H and O–H groups in total. The van der Waals surface area contributed by atoms with E-state index in [4.69, 9.17) is 10.5 Å². The Bertz CT molecular complexity index is 1080. The van der Waals surface area contributed by atoms with Crippen molar-refractivity contribution < 1.29 is 23.1 Å². The molecular formula is C19H19F2N5O3. The number of carbonyl (C=O) groups excluding carboxylic acids is 2. The van der Waals surface area contributed by atoms with Crippen LogP contribution in [0.25, 0.3) is 5.65 Å². The minimum absolute atomic E-state index is 0.169. The molecule has 0 saturated carbocycles. The van der Waals surface area contributed by atoms with Crippen LogP contribution in [0.15, 0.2) is 30.5 Å². The highest BCUT2D eigenvalue weighted by Gasteiger charge is 2.20. The van der Waals surface area contributed by atoms with E-state index in [-0.39, 0.29) is 30.2 Å². The third kappa shape index (κ3) is 4.16. The SMILES string of the molecule is Cc1cc(OCc2c(F)cccc2F)c2nc(C)c(C(=O)NNC(=O)CN)n2c1. The van der Waals surface area contributed by atoms with Crippen molar-refractivity contribution in [1.29, 1.82) is 0 Å². The molecule has 0 unspecified atom stereocenters. The number of pyridine rings is 1. The van der Waals surface area contributed by atoms with Gasteiger partial charge in [0.05, 0.1) is 17.8 Å². The van der Waals surface area contributed by atoms with Gasteiger partial charge in [0.2, 0.25) is 0 Å². The second kappa shape index (κ2) is 8.23. The first kappa shape index (κ1) is 20.2. The second-order valence-electron chi connectivity index (χ2n) is 6.32. The van der Waals surface area contributed by atoms with Gasteiger partial charge in [-0.25, -0.2) is 13.8 Å². The zero-order chi connectivity index (χ0) is 21.1. The summed E-state index contributed by atoms with van der Waals surface area (Å²) in [4.78, 5) is 28.1. The van der Waals surface area contributed by atoms with Crippen LogP contribution in [0.4, 0.5) is 8.78 Å². The first-order valence-electron chi connectivity index (χ1n) is 8.66. The summed E-state index contributed by atoms with van der Waals surface area (Å²) in [6, 6.07) is 5.21. The maximum Gasteiger partial charge on any atom is 0.288 e. The van der Waals surface area contributed by atoms with Crippen LogP contribution in [0.1, 0.15) is 27.3 Å². The topological polar surface area (TPSA) is 111 Å². The van der Waals surface area contributed by atoms with Gasteiger partial charge in [-0.2, -0.15) is 0 Å². The van der Waals surface area contributed by atoms with E-state index in [1.807, 2.05) is 0 Å². The summed E-state index contributed by atoms with van der Waals surface area (Å²) in [5, 5.41) is 0. The number of nitrogens with zero attached hydrogens (tertiary/aromatic N) is 2. The standard InChI is InChI=1S/C19H19F2N5O3/c1-10-6-15(29-9-12-13(20)4-3-5-14(12)21)18-23-11(2)17(26(18)8-10)19(28)25-24-16(27)7-22/h3-6,8H,7,9,22H2,1-2H3,(H,24,27)(H,25,28). The highest BCUT2D eigenvalue weighted by atomic mass is 19.1. The molecule has 2 amide bonds. The average molecular weight is 403 g/mol. The Balaban J connectivity index is 1.94. The van der Waals surface area contributed by atoms with Crippen molar-refractivity contribution in [2.75, 3.05) is 6.54 Å². The summed E-state index contributed by atoms with van der Waals surface area (Å²) in [5.41, 5.74) is 11.0. The van der Waals surface area contributed by atoms with E-state index >= 15 is 0 Å². The van der Waals surface area contributed by atoms with Crippen LogP contribution < -0.4 is 21.3 Å². The molecule has 0 spiro atoms. The Labute approximate surface area is 164 Å². The molecule has 2 heterocycles. The van der Waals surface area contributed by atoms with Crippen molar-refractivity contribution >= 4 is 17.5 Å². The van der Waals surface area contributed by atoms with Gasteiger partial charge in [-0.3, -0.25) is 24.8 Å². The highest BCUT2D eigenvalue weighted by Crippen LogP contribution is 2.25. The van der Waals surface area contributed by atoms with E-state index in [0.29, 0.717) is 11.3 Å². The van der Waals surface area contributed by atoms with Crippen molar-refractivity contribution in [1.82, 2.24) is 20.2 Å². The molecule has 152 valence electrons. The van der Waals surface area contributed by atoms with Crippen molar-refractivity contribution in [3.63, 3.8) is 0 Å². The van der Waals surface area contributed by atoms with Crippen LogP contribution in [0.2, 0.25) is 0 Å². The van der Waals surface area contributed by atoms with Crippen molar-refractivity contribution in [3.8, 4) is 5.75 Å². The zero-order valence-corrected chi connectivity index (χ0v) is 15.8. The van der Waals surface area contributed by atoms with E-state index in [1.54, 1.807) is 26.1 Å². The molecule has 0 radical (unpaired) electrons. The Kier molecular flexibility index (Phi) is 5.74. The molecule has 0 bridgehead atoms. The highest BCUT2D eigenvalue weighted by molar-refractivity contribution is 5.96. The van der Waals surface area contributed by atoms with Gasteiger partial charge >= 0.3 is 0 Å². The number of hydrogen-bond donors (Lipinski definition) is 3.